The average molecular weight is 440 g/mol. The normalized spacial score (nSPS) is 15.6. The maximum atomic E-state index is 13.8. The number of H-pyrrole nitrogens is 1. The quantitative estimate of drug-likeness (QED) is 0.399. The SMILES string of the molecule is CC(=O)c1cnn2c(N[C@@H]3CCc4[nH]c5ccccc5c4C3)cc(-c3cncc(F)c3)nc12. The van der Waals surface area contributed by atoms with E-state index in [1.165, 1.54) is 35.8 Å². The molecule has 0 unspecified atom stereocenters. The van der Waals surface area contributed by atoms with Gasteiger partial charge in [0.05, 0.1) is 23.7 Å². The monoisotopic (exact) mass is 440 g/mol. The van der Waals surface area contributed by atoms with Crippen LogP contribution in [0.1, 0.15) is 35.0 Å². The molecular weight excluding hydrogens is 419 g/mol. The van der Waals surface area contributed by atoms with E-state index in [1.54, 1.807) is 10.7 Å². The number of Topliss-reactive ketones (excluding diaryl/α,β-unsaturated/α-hetero) is 1. The molecule has 4 aromatic heterocycles. The van der Waals surface area contributed by atoms with Gasteiger partial charge in [0.2, 0.25) is 0 Å². The first-order chi connectivity index (χ1) is 16.1. The second-order valence-corrected chi connectivity index (χ2v) is 8.48. The van der Waals surface area contributed by atoms with Crippen LogP contribution >= 0.6 is 0 Å². The average Bonchev–Trinajstić information content (AvgIpc) is 3.41. The molecule has 4 heterocycles. The third-order valence-corrected chi connectivity index (χ3v) is 6.30. The van der Waals surface area contributed by atoms with Crippen molar-refractivity contribution in [3.63, 3.8) is 0 Å². The van der Waals surface area contributed by atoms with Crippen LogP contribution in [0.2, 0.25) is 0 Å². The summed E-state index contributed by atoms with van der Waals surface area (Å²) in [6, 6.07) is 11.8. The Morgan fingerprint density at radius 1 is 1.21 bits per heavy atom. The summed E-state index contributed by atoms with van der Waals surface area (Å²) in [5.41, 5.74) is 5.72. The minimum atomic E-state index is -0.442. The molecule has 1 aliphatic rings. The Balaban J connectivity index is 1.42. The summed E-state index contributed by atoms with van der Waals surface area (Å²) >= 11 is 0. The van der Waals surface area contributed by atoms with Crippen LogP contribution < -0.4 is 5.32 Å². The fourth-order valence-electron chi connectivity index (χ4n) is 4.72. The van der Waals surface area contributed by atoms with E-state index in [-0.39, 0.29) is 11.8 Å². The van der Waals surface area contributed by atoms with E-state index < -0.39 is 5.82 Å². The summed E-state index contributed by atoms with van der Waals surface area (Å²) in [7, 11) is 0. The van der Waals surface area contributed by atoms with Gasteiger partial charge in [-0.2, -0.15) is 9.61 Å². The molecule has 0 saturated heterocycles. The molecule has 0 bridgehead atoms. The fraction of sp³-hybridized carbons (Fsp3) is 0.200. The Labute approximate surface area is 188 Å². The molecule has 164 valence electrons. The highest BCUT2D eigenvalue weighted by molar-refractivity contribution is 6.00. The first kappa shape index (κ1) is 19.6. The summed E-state index contributed by atoms with van der Waals surface area (Å²) < 4.78 is 15.5. The molecular formula is C25H21FN6O. The second kappa shape index (κ2) is 7.51. The number of carbonyl (C=O) groups excluding carboxylic acids is 1. The summed E-state index contributed by atoms with van der Waals surface area (Å²) in [5, 5.41) is 9.29. The number of anilines is 1. The van der Waals surface area contributed by atoms with Crippen molar-refractivity contribution in [2.24, 2.45) is 0 Å². The van der Waals surface area contributed by atoms with Crippen LogP contribution in [0.4, 0.5) is 10.2 Å². The minimum absolute atomic E-state index is 0.126. The van der Waals surface area contributed by atoms with E-state index in [9.17, 15) is 9.18 Å². The van der Waals surface area contributed by atoms with E-state index in [2.05, 4.69) is 43.6 Å². The molecule has 7 nitrogen and oxygen atoms in total. The molecule has 33 heavy (non-hydrogen) atoms. The molecule has 1 aromatic carbocycles. The summed E-state index contributed by atoms with van der Waals surface area (Å²) in [5.74, 6) is 0.141. The van der Waals surface area contributed by atoms with Crippen molar-refractivity contribution in [2.75, 3.05) is 5.32 Å². The van der Waals surface area contributed by atoms with Gasteiger partial charge in [-0.3, -0.25) is 9.78 Å². The van der Waals surface area contributed by atoms with Gasteiger partial charge in [0, 0.05) is 40.5 Å². The van der Waals surface area contributed by atoms with Crippen LogP contribution in [-0.4, -0.2) is 36.4 Å². The van der Waals surface area contributed by atoms with Crippen LogP contribution in [0.3, 0.4) is 0 Å². The number of nitrogens with zero attached hydrogens (tertiary/aromatic N) is 4. The van der Waals surface area contributed by atoms with Gasteiger partial charge in [-0.1, -0.05) is 18.2 Å². The predicted molar refractivity (Wildman–Crippen MR) is 124 cm³/mol. The largest absolute Gasteiger partial charge is 0.367 e. The van der Waals surface area contributed by atoms with Gasteiger partial charge < -0.3 is 10.3 Å². The van der Waals surface area contributed by atoms with Crippen molar-refractivity contribution in [3.05, 3.63) is 77.6 Å². The van der Waals surface area contributed by atoms with Crippen molar-refractivity contribution >= 4 is 28.2 Å². The standard InChI is InChI=1S/C25H21FN6O/c1-14(33)20-13-28-32-24(10-23(31-25(20)32)15-8-16(26)12-27-11-15)29-17-6-7-22-19(9-17)18-4-2-3-5-21(18)30-22/h2-5,8,10-13,17,29-30H,6-7,9H2,1H3/t17-/m1/s1. The van der Waals surface area contributed by atoms with Crippen molar-refractivity contribution in [1.29, 1.82) is 0 Å². The predicted octanol–water partition coefficient (Wildman–Crippen LogP) is 4.58. The number of nitrogens with one attached hydrogen (secondary N) is 2. The Bertz CT molecular complexity index is 1540. The smallest absolute Gasteiger partial charge is 0.168 e. The number of aromatic nitrogens is 5. The van der Waals surface area contributed by atoms with E-state index in [0.29, 0.717) is 28.3 Å². The van der Waals surface area contributed by atoms with Crippen molar-refractivity contribution < 1.29 is 9.18 Å². The minimum Gasteiger partial charge on any atom is -0.367 e. The van der Waals surface area contributed by atoms with Crippen molar-refractivity contribution in [1.82, 2.24) is 24.6 Å². The highest BCUT2D eigenvalue weighted by atomic mass is 19.1. The second-order valence-electron chi connectivity index (χ2n) is 8.48. The lowest BCUT2D eigenvalue weighted by Crippen LogP contribution is -2.28. The molecule has 2 N–H and O–H groups in total. The number of halogens is 1. The Morgan fingerprint density at radius 3 is 2.94 bits per heavy atom. The lowest BCUT2D eigenvalue weighted by Gasteiger charge is -2.25. The zero-order valence-corrected chi connectivity index (χ0v) is 18.0. The number of benzene rings is 1. The van der Waals surface area contributed by atoms with Crippen LogP contribution in [0.15, 0.2) is 55.0 Å². The van der Waals surface area contributed by atoms with Gasteiger partial charge in [-0.15, -0.1) is 0 Å². The lowest BCUT2D eigenvalue weighted by atomic mass is 9.91. The summed E-state index contributed by atoms with van der Waals surface area (Å²) in [6.45, 7) is 1.49. The maximum Gasteiger partial charge on any atom is 0.168 e. The van der Waals surface area contributed by atoms with Crippen LogP contribution in [0, 0.1) is 5.82 Å². The summed E-state index contributed by atoms with van der Waals surface area (Å²) in [6.07, 6.45) is 6.99. The lowest BCUT2D eigenvalue weighted by molar-refractivity contribution is 0.101. The first-order valence-corrected chi connectivity index (χ1v) is 10.9. The molecule has 0 saturated carbocycles. The number of rotatable bonds is 4. The van der Waals surface area contributed by atoms with E-state index >= 15 is 0 Å². The molecule has 0 radical (unpaired) electrons. The zero-order chi connectivity index (χ0) is 22.5. The van der Waals surface area contributed by atoms with E-state index in [0.717, 1.165) is 31.0 Å². The Kier molecular flexibility index (Phi) is 4.46. The van der Waals surface area contributed by atoms with Gasteiger partial charge in [-0.25, -0.2) is 9.37 Å². The van der Waals surface area contributed by atoms with Gasteiger partial charge >= 0.3 is 0 Å². The Morgan fingerprint density at radius 2 is 2.09 bits per heavy atom. The number of carbonyl (C=O) groups is 1. The molecule has 0 spiro atoms. The molecule has 0 fully saturated rings. The van der Waals surface area contributed by atoms with Crippen LogP contribution in [-0.2, 0) is 12.8 Å². The molecule has 1 aliphatic carbocycles. The number of ketones is 1. The van der Waals surface area contributed by atoms with E-state index in [1.807, 2.05) is 12.1 Å². The maximum absolute atomic E-state index is 13.8. The van der Waals surface area contributed by atoms with Gasteiger partial charge in [-0.05, 0) is 43.9 Å². The van der Waals surface area contributed by atoms with Crippen LogP contribution in [0.5, 0.6) is 0 Å². The van der Waals surface area contributed by atoms with Gasteiger partial charge in [0.1, 0.15) is 11.6 Å². The molecule has 5 aromatic rings. The van der Waals surface area contributed by atoms with Gasteiger partial charge in [0.25, 0.3) is 0 Å². The van der Waals surface area contributed by atoms with Gasteiger partial charge in [0.15, 0.2) is 11.4 Å². The molecule has 8 heteroatoms. The highest BCUT2D eigenvalue weighted by Gasteiger charge is 2.24. The number of aryl methyl sites for hydroxylation is 1. The first-order valence-electron chi connectivity index (χ1n) is 10.9. The Hall–Kier alpha value is -4.07. The number of fused-ring (bicyclic) bond motifs is 4. The third kappa shape index (κ3) is 3.34. The zero-order valence-electron chi connectivity index (χ0n) is 18.0. The third-order valence-electron chi connectivity index (χ3n) is 6.30. The van der Waals surface area contributed by atoms with Crippen LogP contribution in [0.25, 0.3) is 27.8 Å². The topological polar surface area (TPSA) is 88.0 Å². The number of hydrogen-bond donors (Lipinski definition) is 2. The molecule has 1 atom stereocenters. The van der Waals surface area contributed by atoms with Crippen molar-refractivity contribution in [3.8, 4) is 11.3 Å². The molecule has 0 amide bonds. The molecule has 6 rings (SSSR count). The number of pyridine rings is 1. The van der Waals surface area contributed by atoms with E-state index in [4.69, 9.17) is 0 Å². The van der Waals surface area contributed by atoms with Crippen molar-refractivity contribution in [2.45, 2.75) is 32.2 Å². The summed E-state index contributed by atoms with van der Waals surface area (Å²) in [4.78, 5) is 24.3. The number of para-hydroxylation sites is 1. The molecule has 0 aliphatic heterocycles. The number of hydrogen-bond acceptors (Lipinski definition) is 5. The highest BCUT2D eigenvalue weighted by Crippen LogP contribution is 2.31. The fourth-order valence-corrected chi connectivity index (χ4v) is 4.72. The number of aromatic amines is 1.